The lowest BCUT2D eigenvalue weighted by molar-refractivity contribution is -0.139. The van der Waals surface area contributed by atoms with E-state index in [0.717, 1.165) is 65.4 Å². The highest BCUT2D eigenvalue weighted by Crippen LogP contribution is 2.40. The first-order valence-corrected chi connectivity index (χ1v) is 19.2. The second kappa shape index (κ2) is 17.0. The number of nitrogens with zero attached hydrogens (tertiary/aromatic N) is 3. The second-order valence-corrected chi connectivity index (χ2v) is 15.6. The van der Waals surface area contributed by atoms with Crippen LogP contribution < -0.4 is 4.74 Å². The minimum absolute atomic E-state index is 0.0778. The van der Waals surface area contributed by atoms with Crippen molar-refractivity contribution in [3.05, 3.63) is 90.1 Å². The molecule has 6 rings (SSSR count). The van der Waals surface area contributed by atoms with Crippen molar-refractivity contribution in [3.63, 3.8) is 0 Å². The summed E-state index contributed by atoms with van der Waals surface area (Å²) in [6.07, 6.45) is 6.67. The number of rotatable bonds is 15. The van der Waals surface area contributed by atoms with Gasteiger partial charge in [0, 0.05) is 69.5 Å². The molecule has 0 bridgehead atoms. The molecule has 0 spiro atoms. The van der Waals surface area contributed by atoms with E-state index in [9.17, 15) is 9.59 Å². The lowest BCUT2D eigenvalue weighted by atomic mass is 9.79. The molecular formula is C44H55N3O6. The molecule has 1 saturated heterocycles. The third kappa shape index (κ3) is 9.68. The Labute approximate surface area is 314 Å². The number of methoxy groups -OCH3 is 1. The maximum absolute atomic E-state index is 15.0. The summed E-state index contributed by atoms with van der Waals surface area (Å²) in [5.74, 6) is 0.332. The summed E-state index contributed by atoms with van der Waals surface area (Å²) in [6.45, 7) is 10.5. The molecule has 2 fully saturated rings. The monoisotopic (exact) mass is 721 g/mol. The molecule has 0 N–H and O–H groups in total. The smallest absolute Gasteiger partial charge is 0.410 e. The number of amides is 2. The molecule has 4 aromatic rings. The number of Topliss-reactive ketones (excluding diaryl/α,β-unsaturated/α-hetero) is 1. The average molecular weight is 722 g/mol. The maximum atomic E-state index is 15.0. The lowest BCUT2D eigenvalue weighted by Gasteiger charge is -2.40. The topological polar surface area (TPSA) is 90.3 Å². The number of ketones is 1. The average Bonchev–Trinajstić information content (AvgIpc) is 3.94. The summed E-state index contributed by atoms with van der Waals surface area (Å²) in [6, 6.07) is 24.8. The van der Waals surface area contributed by atoms with Gasteiger partial charge in [-0.2, -0.15) is 0 Å². The number of fused-ring (bicyclic) bond motifs is 1. The van der Waals surface area contributed by atoms with Gasteiger partial charge in [-0.3, -0.25) is 9.59 Å². The molecule has 2 atom stereocenters. The normalized spacial score (nSPS) is 17.5. The highest BCUT2D eigenvalue weighted by Gasteiger charge is 2.43. The second-order valence-electron chi connectivity index (χ2n) is 15.6. The molecule has 0 radical (unpaired) electrons. The zero-order valence-corrected chi connectivity index (χ0v) is 32.0. The number of aryl methyl sites for hydroxylation is 1. The summed E-state index contributed by atoms with van der Waals surface area (Å²) in [5, 5.41) is 1.16. The summed E-state index contributed by atoms with van der Waals surface area (Å²) in [5.41, 5.74) is 4.81. The molecule has 282 valence electrons. The molecule has 1 aliphatic heterocycles. The van der Waals surface area contributed by atoms with Crippen molar-refractivity contribution in [1.82, 2.24) is 14.4 Å². The molecule has 1 aliphatic carbocycles. The van der Waals surface area contributed by atoms with E-state index in [1.165, 1.54) is 0 Å². The first-order chi connectivity index (χ1) is 25.5. The van der Waals surface area contributed by atoms with Gasteiger partial charge < -0.3 is 28.6 Å². The van der Waals surface area contributed by atoms with Crippen LogP contribution in [0.1, 0.15) is 83.3 Å². The van der Waals surface area contributed by atoms with Crippen molar-refractivity contribution in [2.24, 2.45) is 5.92 Å². The van der Waals surface area contributed by atoms with Crippen LogP contribution >= 0.6 is 0 Å². The van der Waals surface area contributed by atoms with Gasteiger partial charge >= 0.3 is 6.09 Å². The van der Waals surface area contributed by atoms with Gasteiger partial charge in [0.05, 0.1) is 5.92 Å². The predicted molar refractivity (Wildman–Crippen MR) is 208 cm³/mol. The number of likely N-dealkylation sites (tertiary alicyclic amines) is 1. The number of piperidine rings is 1. The van der Waals surface area contributed by atoms with Gasteiger partial charge in [0.25, 0.3) is 0 Å². The standard InChI is InChI=1S/C44H55N3O6/c1-6-11-36(48)30-52-37-20-16-31(17-21-37)32-12-9-13-33(26-32)38-22-24-46(43(50)53-44(2,3)4)29-40(38)42(49)47(35-18-19-35)28-34-27-45(23-10-25-51-5)41-15-8-7-14-39(34)41/h7-9,12-17,20-21,26-27,35,38,40H,6,10-11,18-19,22-25,28-30H2,1-5H3/t38-,40+/m1/s1. The van der Waals surface area contributed by atoms with E-state index in [4.69, 9.17) is 14.2 Å². The summed E-state index contributed by atoms with van der Waals surface area (Å²) in [7, 11) is 1.73. The van der Waals surface area contributed by atoms with Crippen molar-refractivity contribution < 1.29 is 28.6 Å². The molecular weight excluding hydrogens is 666 g/mol. The summed E-state index contributed by atoms with van der Waals surface area (Å²) < 4.78 is 19.1. The number of carbonyl (C=O) groups is 3. The third-order valence-electron chi connectivity index (χ3n) is 10.2. The molecule has 3 aromatic carbocycles. The van der Waals surface area contributed by atoms with Crippen LogP contribution in [0.4, 0.5) is 4.79 Å². The minimum atomic E-state index is -0.634. The van der Waals surface area contributed by atoms with Gasteiger partial charge in [0.1, 0.15) is 18.0 Å². The number of carbonyl (C=O) groups excluding carboxylic acids is 3. The van der Waals surface area contributed by atoms with E-state index in [-0.39, 0.29) is 36.4 Å². The Hall–Kier alpha value is -4.63. The number of ether oxygens (including phenoxy) is 3. The van der Waals surface area contributed by atoms with E-state index < -0.39 is 11.5 Å². The SMILES string of the molecule is CCCC(=O)COc1ccc(-c2cccc([C@H]3CCN(C(=O)OC(C)(C)C)C[C@@H]3C(=O)N(Cc3cn(CCCOC)c4ccccc34)C3CC3)c2)cc1. The Morgan fingerprint density at radius 3 is 2.42 bits per heavy atom. The highest BCUT2D eigenvalue weighted by molar-refractivity contribution is 5.86. The van der Waals surface area contributed by atoms with Crippen LogP contribution in [0.15, 0.2) is 79.0 Å². The van der Waals surface area contributed by atoms with Crippen molar-refractivity contribution in [1.29, 1.82) is 0 Å². The van der Waals surface area contributed by atoms with Crippen molar-refractivity contribution in [3.8, 4) is 16.9 Å². The Morgan fingerprint density at radius 1 is 0.925 bits per heavy atom. The maximum Gasteiger partial charge on any atom is 0.410 e. The van der Waals surface area contributed by atoms with Crippen LogP contribution in [-0.4, -0.2) is 77.2 Å². The molecule has 2 aliphatic rings. The van der Waals surface area contributed by atoms with Crippen molar-refractivity contribution in [2.45, 2.75) is 96.9 Å². The summed E-state index contributed by atoms with van der Waals surface area (Å²) >= 11 is 0. The largest absolute Gasteiger partial charge is 0.486 e. The van der Waals surface area contributed by atoms with Crippen LogP contribution in [-0.2, 0) is 32.2 Å². The molecule has 1 aromatic heterocycles. The van der Waals surface area contributed by atoms with E-state index >= 15 is 4.79 Å². The lowest BCUT2D eigenvalue weighted by Crippen LogP contribution is -2.51. The Bertz CT molecular complexity index is 1870. The van der Waals surface area contributed by atoms with Crippen LogP contribution in [0.3, 0.4) is 0 Å². The Morgan fingerprint density at radius 2 is 1.70 bits per heavy atom. The fourth-order valence-corrected chi connectivity index (χ4v) is 7.48. The predicted octanol–water partition coefficient (Wildman–Crippen LogP) is 8.62. The van der Waals surface area contributed by atoms with Gasteiger partial charge in [-0.25, -0.2) is 4.79 Å². The molecule has 9 nitrogen and oxygen atoms in total. The Balaban J connectivity index is 1.27. The number of hydrogen-bond donors (Lipinski definition) is 0. The number of aromatic nitrogens is 1. The number of hydrogen-bond acceptors (Lipinski definition) is 6. The molecule has 53 heavy (non-hydrogen) atoms. The van der Waals surface area contributed by atoms with Gasteiger partial charge in [-0.1, -0.05) is 61.5 Å². The number of para-hydroxylation sites is 1. The van der Waals surface area contributed by atoms with Gasteiger partial charge in [-0.15, -0.1) is 0 Å². The number of benzene rings is 3. The fraction of sp³-hybridized carbons (Fsp3) is 0.477. The van der Waals surface area contributed by atoms with E-state index in [0.29, 0.717) is 44.8 Å². The van der Waals surface area contributed by atoms with Gasteiger partial charge in [-0.05, 0) is 99.2 Å². The summed E-state index contributed by atoms with van der Waals surface area (Å²) in [4.78, 5) is 44.2. The van der Waals surface area contributed by atoms with Crippen molar-refractivity contribution in [2.75, 3.05) is 33.4 Å². The molecule has 1 saturated carbocycles. The first kappa shape index (κ1) is 38.1. The fourth-order valence-electron chi connectivity index (χ4n) is 7.48. The van der Waals surface area contributed by atoms with Gasteiger partial charge in [0.15, 0.2) is 5.78 Å². The molecule has 2 amide bonds. The van der Waals surface area contributed by atoms with E-state index in [2.05, 4.69) is 64.2 Å². The quantitative estimate of drug-likeness (QED) is 0.114. The molecule has 9 heteroatoms. The van der Waals surface area contributed by atoms with Crippen LogP contribution in [0.5, 0.6) is 5.75 Å². The highest BCUT2D eigenvalue weighted by atomic mass is 16.6. The zero-order chi connectivity index (χ0) is 37.5. The van der Waals surface area contributed by atoms with E-state index in [1.807, 2.05) is 52.0 Å². The van der Waals surface area contributed by atoms with Crippen molar-refractivity contribution >= 4 is 28.7 Å². The van der Waals surface area contributed by atoms with Gasteiger partial charge in [0.2, 0.25) is 5.91 Å². The molecule has 0 unspecified atom stereocenters. The third-order valence-corrected chi connectivity index (χ3v) is 10.2. The van der Waals surface area contributed by atoms with E-state index in [1.54, 1.807) is 12.0 Å². The van der Waals surface area contributed by atoms with Crippen LogP contribution in [0, 0.1) is 5.92 Å². The first-order valence-electron chi connectivity index (χ1n) is 19.2. The molecule has 2 heterocycles. The van der Waals surface area contributed by atoms with Crippen LogP contribution in [0.25, 0.3) is 22.0 Å². The minimum Gasteiger partial charge on any atom is -0.486 e. The van der Waals surface area contributed by atoms with Crippen LogP contribution in [0.2, 0.25) is 0 Å². The Kier molecular flexibility index (Phi) is 12.2. The zero-order valence-electron chi connectivity index (χ0n) is 32.0.